The summed E-state index contributed by atoms with van der Waals surface area (Å²) in [5, 5.41) is 0. The SMILES string of the molecule is Cc1cc(C(N)c2cccnc2)sc1C. The summed E-state index contributed by atoms with van der Waals surface area (Å²) in [7, 11) is 0. The van der Waals surface area contributed by atoms with Crippen molar-refractivity contribution in [1.29, 1.82) is 0 Å². The van der Waals surface area contributed by atoms with Gasteiger partial charge in [0.05, 0.1) is 6.04 Å². The number of hydrogen-bond donors (Lipinski definition) is 1. The molecule has 2 aromatic rings. The van der Waals surface area contributed by atoms with Gasteiger partial charge in [0.25, 0.3) is 0 Å². The van der Waals surface area contributed by atoms with Crippen molar-refractivity contribution in [2.75, 3.05) is 0 Å². The molecule has 0 saturated carbocycles. The van der Waals surface area contributed by atoms with E-state index in [1.165, 1.54) is 15.3 Å². The summed E-state index contributed by atoms with van der Waals surface area (Å²) < 4.78 is 0. The third kappa shape index (κ3) is 2.08. The average Bonchev–Trinajstić information content (AvgIpc) is 2.59. The summed E-state index contributed by atoms with van der Waals surface area (Å²) in [6, 6.07) is 6.05. The van der Waals surface area contributed by atoms with Crippen molar-refractivity contribution in [3.05, 3.63) is 51.5 Å². The van der Waals surface area contributed by atoms with Gasteiger partial charge in [0.1, 0.15) is 0 Å². The van der Waals surface area contributed by atoms with Gasteiger partial charge in [-0.15, -0.1) is 11.3 Å². The largest absolute Gasteiger partial charge is 0.320 e. The van der Waals surface area contributed by atoms with Gasteiger partial charge in [0.2, 0.25) is 0 Å². The Morgan fingerprint density at radius 3 is 2.73 bits per heavy atom. The topological polar surface area (TPSA) is 38.9 Å². The Balaban J connectivity index is 2.32. The van der Waals surface area contributed by atoms with Crippen LogP contribution in [-0.4, -0.2) is 4.98 Å². The smallest absolute Gasteiger partial charge is 0.0661 e. The Kier molecular flexibility index (Phi) is 2.84. The second kappa shape index (κ2) is 4.13. The molecule has 0 fully saturated rings. The lowest BCUT2D eigenvalue weighted by Gasteiger charge is -2.08. The van der Waals surface area contributed by atoms with Gasteiger partial charge in [-0.3, -0.25) is 4.98 Å². The highest BCUT2D eigenvalue weighted by atomic mass is 32.1. The monoisotopic (exact) mass is 218 g/mol. The van der Waals surface area contributed by atoms with Crippen molar-refractivity contribution in [3.8, 4) is 0 Å². The van der Waals surface area contributed by atoms with Crippen LogP contribution in [0.25, 0.3) is 0 Å². The molecule has 0 amide bonds. The highest BCUT2D eigenvalue weighted by molar-refractivity contribution is 7.12. The van der Waals surface area contributed by atoms with E-state index in [2.05, 4.69) is 24.9 Å². The zero-order chi connectivity index (χ0) is 10.8. The Morgan fingerprint density at radius 2 is 2.20 bits per heavy atom. The lowest BCUT2D eigenvalue weighted by molar-refractivity contribution is 0.883. The lowest BCUT2D eigenvalue weighted by atomic mass is 10.1. The summed E-state index contributed by atoms with van der Waals surface area (Å²) in [5.41, 5.74) is 8.55. The van der Waals surface area contributed by atoms with Crippen LogP contribution in [0, 0.1) is 13.8 Å². The third-order valence-electron chi connectivity index (χ3n) is 2.54. The van der Waals surface area contributed by atoms with E-state index in [1.807, 2.05) is 18.3 Å². The van der Waals surface area contributed by atoms with Gasteiger partial charge in [0, 0.05) is 22.1 Å². The van der Waals surface area contributed by atoms with Crippen LogP contribution >= 0.6 is 11.3 Å². The fourth-order valence-corrected chi connectivity index (χ4v) is 2.55. The summed E-state index contributed by atoms with van der Waals surface area (Å²) in [4.78, 5) is 6.63. The number of aryl methyl sites for hydroxylation is 2. The first-order valence-corrected chi connectivity index (χ1v) is 5.72. The van der Waals surface area contributed by atoms with E-state index in [-0.39, 0.29) is 6.04 Å². The van der Waals surface area contributed by atoms with E-state index in [9.17, 15) is 0 Å². The molecule has 2 N–H and O–H groups in total. The highest BCUT2D eigenvalue weighted by Crippen LogP contribution is 2.28. The van der Waals surface area contributed by atoms with E-state index in [0.717, 1.165) is 5.56 Å². The maximum Gasteiger partial charge on any atom is 0.0661 e. The first kappa shape index (κ1) is 10.3. The maximum atomic E-state index is 6.17. The predicted octanol–water partition coefficient (Wildman–Crippen LogP) is 2.81. The third-order valence-corrected chi connectivity index (χ3v) is 3.77. The minimum Gasteiger partial charge on any atom is -0.320 e. The summed E-state index contributed by atoms with van der Waals surface area (Å²) in [6.07, 6.45) is 3.59. The molecule has 2 rings (SSSR count). The Morgan fingerprint density at radius 1 is 1.40 bits per heavy atom. The van der Waals surface area contributed by atoms with Gasteiger partial charge in [0.15, 0.2) is 0 Å². The Hall–Kier alpha value is -1.19. The number of aromatic nitrogens is 1. The van der Waals surface area contributed by atoms with Crippen LogP contribution in [0.15, 0.2) is 30.6 Å². The van der Waals surface area contributed by atoms with E-state index in [4.69, 9.17) is 5.73 Å². The van der Waals surface area contributed by atoms with Gasteiger partial charge < -0.3 is 5.73 Å². The van der Waals surface area contributed by atoms with Crippen LogP contribution < -0.4 is 5.73 Å². The number of hydrogen-bond acceptors (Lipinski definition) is 3. The molecule has 0 aliphatic heterocycles. The molecule has 0 radical (unpaired) electrons. The Bertz CT molecular complexity index is 428. The van der Waals surface area contributed by atoms with Crippen molar-refractivity contribution in [2.45, 2.75) is 19.9 Å². The molecule has 2 nitrogen and oxygen atoms in total. The fourth-order valence-electron chi connectivity index (χ4n) is 1.48. The molecule has 0 aromatic carbocycles. The van der Waals surface area contributed by atoms with Crippen molar-refractivity contribution >= 4 is 11.3 Å². The average molecular weight is 218 g/mol. The molecule has 0 spiro atoms. The second-order valence-corrected chi connectivity index (χ2v) is 4.94. The maximum absolute atomic E-state index is 6.17. The number of thiophene rings is 1. The number of nitrogens with two attached hydrogens (primary N) is 1. The molecule has 0 bridgehead atoms. The van der Waals surface area contributed by atoms with Crippen LogP contribution in [0.1, 0.15) is 26.9 Å². The van der Waals surface area contributed by atoms with Gasteiger partial charge in [-0.1, -0.05) is 6.07 Å². The summed E-state index contributed by atoms with van der Waals surface area (Å²) in [6.45, 7) is 4.24. The number of rotatable bonds is 2. The molecule has 0 saturated heterocycles. The molecule has 0 aliphatic carbocycles. The molecule has 15 heavy (non-hydrogen) atoms. The quantitative estimate of drug-likeness (QED) is 0.841. The van der Waals surface area contributed by atoms with Crippen molar-refractivity contribution < 1.29 is 0 Å². The van der Waals surface area contributed by atoms with E-state index in [0.29, 0.717) is 0 Å². The zero-order valence-electron chi connectivity index (χ0n) is 8.90. The minimum atomic E-state index is -0.0453. The predicted molar refractivity (Wildman–Crippen MR) is 64.1 cm³/mol. The normalized spacial score (nSPS) is 12.7. The van der Waals surface area contributed by atoms with Gasteiger partial charge >= 0.3 is 0 Å². The molecular formula is C12H14N2S. The van der Waals surface area contributed by atoms with Crippen LogP contribution in [0.2, 0.25) is 0 Å². The van der Waals surface area contributed by atoms with Crippen LogP contribution in [-0.2, 0) is 0 Å². The molecular weight excluding hydrogens is 204 g/mol. The van der Waals surface area contributed by atoms with Gasteiger partial charge in [-0.2, -0.15) is 0 Å². The summed E-state index contributed by atoms with van der Waals surface area (Å²) in [5.74, 6) is 0. The minimum absolute atomic E-state index is 0.0453. The highest BCUT2D eigenvalue weighted by Gasteiger charge is 2.12. The Labute approximate surface area is 93.8 Å². The van der Waals surface area contributed by atoms with Crippen LogP contribution in [0.3, 0.4) is 0 Å². The molecule has 2 aromatic heterocycles. The van der Waals surface area contributed by atoms with E-state index < -0.39 is 0 Å². The number of nitrogens with zero attached hydrogens (tertiary/aromatic N) is 1. The molecule has 1 unspecified atom stereocenters. The summed E-state index contributed by atoms with van der Waals surface area (Å²) >= 11 is 1.76. The zero-order valence-corrected chi connectivity index (χ0v) is 9.71. The molecule has 3 heteroatoms. The second-order valence-electron chi connectivity index (χ2n) is 3.65. The number of pyridine rings is 1. The first-order chi connectivity index (χ1) is 7.18. The van der Waals surface area contributed by atoms with Gasteiger partial charge in [-0.05, 0) is 37.1 Å². The fraction of sp³-hybridized carbons (Fsp3) is 0.250. The molecule has 0 aliphatic rings. The van der Waals surface area contributed by atoms with Crippen LogP contribution in [0.4, 0.5) is 0 Å². The molecule has 1 atom stereocenters. The van der Waals surface area contributed by atoms with Crippen LogP contribution in [0.5, 0.6) is 0 Å². The molecule has 2 heterocycles. The molecule has 78 valence electrons. The van der Waals surface area contributed by atoms with Gasteiger partial charge in [-0.25, -0.2) is 0 Å². The van der Waals surface area contributed by atoms with Crippen molar-refractivity contribution in [2.24, 2.45) is 5.73 Å². The standard InChI is InChI=1S/C12H14N2S/c1-8-6-11(15-9(8)2)12(13)10-4-3-5-14-7-10/h3-7,12H,13H2,1-2H3. The lowest BCUT2D eigenvalue weighted by Crippen LogP contribution is -2.10. The van der Waals surface area contributed by atoms with E-state index >= 15 is 0 Å². The van der Waals surface area contributed by atoms with Crippen molar-refractivity contribution in [3.63, 3.8) is 0 Å². The first-order valence-electron chi connectivity index (χ1n) is 4.91. The van der Waals surface area contributed by atoms with Crippen molar-refractivity contribution in [1.82, 2.24) is 4.98 Å². The van der Waals surface area contributed by atoms with E-state index in [1.54, 1.807) is 17.5 Å².